The molecule has 0 unspecified atom stereocenters. The Morgan fingerprint density at radius 2 is 2.20 bits per heavy atom. The number of pyridine rings is 1. The van der Waals surface area contributed by atoms with Crippen molar-refractivity contribution in [2.45, 2.75) is 6.04 Å². The van der Waals surface area contributed by atoms with Crippen LogP contribution < -0.4 is 5.32 Å². The monoisotopic (exact) mass is 279 g/mol. The SMILES string of the molecule is COC(=O)Nc1cc(C2=N[C@@H](C(=O)OC)CO2)ccn1. The molecule has 0 aromatic carbocycles. The molecule has 2 rings (SSSR count). The van der Waals surface area contributed by atoms with E-state index < -0.39 is 18.1 Å². The smallest absolute Gasteiger partial charge is 0.412 e. The minimum absolute atomic E-state index is 0.129. The van der Waals surface area contributed by atoms with E-state index in [4.69, 9.17) is 4.74 Å². The number of nitrogens with one attached hydrogen (secondary N) is 1. The predicted molar refractivity (Wildman–Crippen MR) is 68.6 cm³/mol. The van der Waals surface area contributed by atoms with Crippen LogP contribution in [-0.2, 0) is 19.0 Å². The summed E-state index contributed by atoms with van der Waals surface area (Å²) in [6.45, 7) is 0.129. The van der Waals surface area contributed by atoms with Crippen LogP contribution in [0.25, 0.3) is 0 Å². The summed E-state index contributed by atoms with van der Waals surface area (Å²) in [5.41, 5.74) is 0.595. The molecule has 106 valence electrons. The second-order valence-corrected chi connectivity index (χ2v) is 3.83. The molecule has 0 saturated heterocycles. The topological polar surface area (TPSA) is 99.1 Å². The molecule has 0 radical (unpaired) electrons. The zero-order valence-corrected chi connectivity index (χ0v) is 11.0. The second-order valence-electron chi connectivity index (χ2n) is 3.83. The Labute approximate surface area is 114 Å². The van der Waals surface area contributed by atoms with Crippen molar-refractivity contribution in [2.24, 2.45) is 4.99 Å². The van der Waals surface area contributed by atoms with E-state index in [1.54, 1.807) is 12.1 Å². The van der Waals surface area contributed by atoms with Gasteiger partial charge >= 0.3 is 12.1 Å². The van der Waals surface area contributed by atoms with Crippen LogP contribution in [0.5, 0.6) is 0 Å². The Morgan fingerprint density at radius 3 is 2.90 bits per heavy atom. The van der Waals surface area contributed by atoms with Gasteiger partial charge in [0.2, 0.25) is 5.90 Å². The Kier molecular flexibility index (Phi) is 4.14. The van der Waals surface area contributed by atoms with Crippen molar-refractivity contribution >= 4 is 23.8 Å². The molecule has 0 bridgehead atoms. The van der Waals surface area contributed by atoms with Crippen molar-refractivity contribution in [1.29, 1.82) is 0 Å². The molecule has 2 heterocycles. The van der Waals surface area contributed by atoms with Crippen molar-refractivity contribution in [2.75, 3.05) is 26.1 Å². The highest BCUT2D eigenvalue weighted by atomic mass is 16.5. The van der Waals surface area contributed by atoms with E-state index in [0.717, 1.165) is 0 Å². The molecule has 8 heteroatoms. The number of carbonyl (C=O) groups is 2. The fraction of sp³-hybridized carbons (Fsp3) is 0.333. The fourth-order valence-electron chi connectivity index (χ4n) is 1.58. The van der Waals surface area contributed by atoms with Crippen molar-refractivity contribution in [3.8, 4) is 0 Å². The van der Waals surface area contributed by atoms with Crippen LogP contribution >= 0.6 is 0 Å². The summed E-state index contributed by atoms with van der Waals surface area (Å²) in [6, 6.07) is 2.55. The van der Waals surface area contributed by atoms with E-state index in [1.165, 1.54) is 20.4 Å². The molecular formula is C12H13N3O5. The minimum Gasteiger partial charge on any atom is -0.475 e. The largest absolute Gasteiger partial charge is 0.475 e. The minimum atomic E-state index is -0.666. The number of hydrogen-bond donors (Lipinski definition) is 1. The highest BCUT2D eigenvalue weighted by molar-refractivity contribution is 5.98. The van der Waals surface area contributed by atoms with Crippen LogP contribution in [0.3, 0.4) is 0 Å². The van der Waals surface area contributed by atoms with Gasteiger partial charge in [0.05, 0.1) is 14.2 Å². The molecule has 0 fully saturated rings. The average Bonchev–Trinajstić information content (AvgIpc) is 2.96. The van der Waals surface area contributed by atoms with Crippen LogP contribution in [0.4, 0.5) is 10.6 Å². The van der Waals surface area contributed by atoms with Gasteiger partial charge in [0.1, 0.15) is 12.4 Å². The van der Waals surface area contributed by atoms with Crippen LogP contribution in [0.2, 0.25) is 0 Å². The van der Waals surface area contributed by atoms with E-state index in [2.05, 4.69) is 24.8 Å². The van der Waals surface area contributed by atoms with E-state index in [0.29, 0.717) is 17.3 Å². The Bertz CT molecular complexity index is 558. The third-order valence-corrected chi connectivity index (χ3v) is 2.55. The molecule has 8 nitrogen and oxygen atoms in total. The maximum Gasteiger partial charge on any atom is 0.412 e. The highest BCUT2D eigenvalue weighted by Crippen LogP contribution is 2.15. The van der Waals surface area contributed by atoms with Gasteiger partial charge in [0, 0.05) is 11.8 Å². The normalized spacial score (nSPS) is 16.9. The molecule has 1 N–H and O–H groups in total. The molecule has 0 saturated carbocycles. The number of methoxy groups -OCH3 is 2. The number of nitrogens with zero attached hydrogens (tertiary/aromatic N) is 2. The van der Waals surface area contributed by atoms with Gasteiger partial charge in [-0.3, -0.25) is 5.32 Å². The van der Waals surface area contributed by atoms with Crippen molar-refractivity contribution in [1.82, 2.24) is 4.98 Å². The lowest BCUT2D eigenvalue weighted by atomic mass is 10.2. The summed E-state index contributed by atoms with van der Waals surface area (Å²) < 4.78 is 14.4. The number of carbonyl (C=O) groups excluding carboxylic acids is 2. The first kappa shape index (κ1) is 13.8. The zero-order valence-electron chi connectivity index (χ0n) is 11.0. The summed E-state index contributed by atoms with van der Waals surface area (Å²) in [5, 5.41) is 2.43. The van der Waals surface area contributed by atoms with E-state index in [1.807, 2.05) is 0 Å². The van der Waals surface area contributed by atoms with Gasteiger partial charge in [-0.05, 0) is 12.1 Å². The first-order valence-corrected chi connectivity index (χ1v) is 5.74. The summed E-state index contributed by atoms with van der Waals surface area (Å²) >= 11 is 0. The quantitative estimate of drug-likeness (QED) is 0.812. The maximum absolute atomic E-state index is 11.3. The first-order chi connectivity index (χ1) is 9.63. The zero-order chi connectivity index (χ0) is 14.5. The van der Waals surface area contributed by atoms with E-state index >= 15 is 0 Å². The number of aliphatic imine (C=N–C) groups is 1. The molecule has 1 amide bonds. The lowest BCUT2D eigenvalue weighted by Gasteiger charge is -2.05. The van der Waals surface area contributed by atoms with Gasteiger partial charge in [-0.2, -0.15) is 0 Å². The number of hydrogen-bond acceptors (Lipinski definition) is 7. The molecule has 1 aromatic rings. The van der Waals surface area contributed by atoms with Crippen molar-refractivity contribution < 1.29 is 23.8 Å². The fourth-order valence-corrected chi connectivity index (χ4v) is 1.58. The number of anilines is 1. The van der Waals surface area contributed by atoms with Gasteiger partial charge < -0.3 is 14.2 Å². The Morgan fingerprint density at radius 1 is 1.40 bits per heavy atom. The molecule has 1 aliphatic rings. The molecule has 1 aromatic heterocycles. The third-order valence-electron chi connectivity index (χ3n) is 2.55. The molecule has 0 spiro atoms. The van der Waals surface area contributed by atoms with Crippen LogP contribution in [0, 0.1) is 0 Å². The Balaban J connectivity index is 2.15. The number of amides is 1. The van der Waals surface area contributed by atoms with Crippen LogP contribution in [0.1, 0.15) is 5.56 Å². The summed E-state index contributed by atoms with van der Waals surface area (Å²) in [6.07, 6.45) is 0.856. The van der Waals surface area contributed by atoms with Crippen molar-refractivity contribution in [3.63, 3.8) is 0 Å². The number of rotatable bonds is 3. The molecule has 20 heavy (non-hydrogen) atoms. The van der Waals surface area contributed by atoms with Crippen LogP contribution in [-0.4, -0.2) is 49.8 Å². The molecule has 0 aliphatic carbocycles. The Hall–Kier alpha value is -2.64. The summed E-state index contributed by atoms with van der Waals surface area (Å²) in [5.74, 6) is 0.139. The summed E-state index contributed by atoms with van der Waals surface area (Å²) in [4.78, 5) is 30.5. The van der Waals surface area contributed by atoms with Crippen molar-refractivity contribution in [3.05, 3.63) is 23.9 Å². The van der Waals surface area contributed by atoms with Gasteiger partial charge in [0.15, 0.2) is 6.04 Å². The van der Waals surface area contributed by atoms with E-state index in [-0.39, 0.29) is 6.61 Å². The highest BCUT2D eigenvalue weighted by Gasteiger charge is 2.27. The number of aromatic nitrogens is 1. The van der Waals surface area contributed by atoms with Crippen LogP contribution in [0.15, 0.2) is 23.3 Å². The molecule has 1 atom stereocenters. The number of esters is 1. The van der Waals surface area contributed by atoms with Gasteiger partial charge in [-0.15, -0.1) is 0 Å². The van der Waals surface area contributed by atoms with Gasteiger partial charge in [0.25, 0.3) is 0 Å². The third kappa shape index (κ3) is 3.02. The lowest BCUT2D eigenvalue weighted by Crippen LogP contribution is -2.21. The van der Waals surface area contributed by atoms with E-state index in [9.17, 15) is 9.59 Å². The maximum atomic E-state index is 11.3. The molecular weight excluding hydrogens is 266 g/mol. The van der Waals surface area contributed by atoms with Gasteiger partial charge in [-0.1, -0.05) is 0 Å². The first-order valence-electron chi connectivity index (χ1n) is 5.74. The average molecular weight is 279 g/mol. The second kappa shape index (κ2) is 6.00. The summed E-state index contributed by atoms with van der Waals surface area (Å²) in [7, 11) is 2.55. The standard InChI is InChI=1S/C12H13N3O5/c1-18-11(16)8-6-20-10(14-8)7-3-4-13-9(5-7)15-12(17)19-2/h3-5,8H,6H2,1-2H3,(H,13,15,17)/t8-/m1/s1. The predicted octanol–water partition coefficient (Wildman–Crippen LogP) is 0.578. The van der Waals surface area contributed by atoms with Gasteiger partial charge in [-0.25, -0.2) is 19.6 Å². The lowest BCUT2D eigenvalue weighted by molar-refractivity contribution is -0.142. The molecule has 1 aliphatic heterocycles. The number of ether oxygens (including phenoxy) is 3.